The van der Waals surface area contributed by atoms with Gasteiger partial charge < -0.3 is 10.6 Å². The number of alkyl halides is 3. The summed E-state index contributed by atoms with van der Waals surface area (Å²) in [5.41, 5.74) is -0.133. The quantitative estimate of drug-likeness (QED) is 0.726. The standard InChI is InChI=1S/C13H15F3N4/c1-18-9-4-5-12(19-7-9)20-10(8-2-3-8)6-11(17)13(14,15)16/h4-8,17-18H,2-3H2,1H3,(H,19,20)/b10-6-,17-11?. The van der Waals surface area contributed by atoms with Crippen molar-refractivity contribution in [3.63, 3.8) is 0 Å². The third kappa shape index (κ3) is 3.72. The molecule has 0 radical (unpaired) electrons. The van der Waals surface area contributed by atoms with Crippen molar-refractivity contribution in [2.24, 2.45) is 5.92 Å². The normalized spacial score (nSPS) is 15.9. The van der Waals surface area contributed by atoms with Gasteiger partial charge >= 0.3 is 6.18 Å². The van der Waals surface area contributed by atoms with Crippen molar-refractivity contribution in [3.8, 4) is 0 Å². The van der Waals surface area contributed by atoms with Crippen molar-refractivity contribution in [2.75, 3.05) is 17.7 Å². The van der Waals surface area contributed by atoms with Gasteiger partial charge in [0.1, 0.15) is 11.5 Å². The van der Waals surface area contributed by atoms with Crippen molar-refractivity contribution in [1.82, 2.24) is 4.98 Å². The topological polar surface area (TPSA) is 60.8 Å². The van der Waals surface area contributed by atoms with Gasteiger partial charge in [-0.25, -0.2) is 4.98 Å². The van der Waals surface area contributed by atoms with Crippen molar-refractivity contribution in [3.05, 3.63) is 30.1 Å². The molecule has 1 aliphatic rings. The van der Waals surface area contributed by atoms with Crippen LogP contribution in [-0.4, -0.2) is 23.9 Å². The van der Waals surface area contributed by atoms with Gasteiger partial charge in [0.05, 0.1) is 11.9 Å². The number of aromatic nitrogens is 1. The van der Waals surface area contributed by atoms with Crippen LogP contribution in [-0.2, 0) is 0 Å². The van der Waals surface area contributed by atoms with E-state index in [4.69, 9.17) is 5.41 Å². The number of nitrogens with zero attached hydrogens (tertiary/aromatic N) is 1. The summed E-state index contributed by atoms with van der Waals surface area (Å²) in [6, 6.07) is 3.45. The summed E-state index contributed by atoms with van der Waals surface area (Å²) in [6.07, 6.45) is -0.518. The molecule has 0 atom stereocenters. The molecule has 1 aromatic heterocycles. The molecule has 108 valence electrons. The maximum absolute atomic E-state index is 12.4. The number of allylic oxidation sites excluding steroid dienone is 2. The minimum Gasteiger partial charge on any atom is -0.387 e. The first-order chi connectivity index (χ1) is 9.40. The summed E-state index contributed by atoms with van der Waals surface area (Å²) in [5, 5.41) is 12.8. The third-order valence-electron chi connectivity index (χ3n) is 2.95. The second-order valence-electron chi connectivity index (χ2n) is 4.59. The molecule has 7 heteroatoms. The Balaban J connectivity index is 2.13. The highest BCUT2D eigenvalue weighted by atomic mass is 19.4. The van der Waals surface area contributed by atoms with E-state index in [2.05, 4.69) is 15.6 Å². The van der Waals surface area contributed by atoms with E-state index in [9.17, 15) is 13.2 Å². The minimum atomic E-state index is -4.62. The molecule has 0 saturated heterocycles. The Labute approximate surface area is 114 Å². The Morgan fingerprint density at radius 3 is 2.55 bits per heavy atom. The molecule has 4 nitrogen and oxygen atoms in total. The van der Waals surface area contributed by atoms with E-state index in [1.54, 1.807) is 25.4 Å². The Morgan fingerprint density at radius 2 is 2.10 bits per heavy atom. The van der Waals surface area contributed by atoms with Gasteiger partial charge in [-0.2, -0.15) is 13.2 Å². The van der Waals surface area contributed by atoms with Crippen molar-refractivity contribution in [1.29, 1.82) is 5.41 Å². The van der Waals surface area contributed by atoms with Gasteiger partial charge in [-0.05, 0) is 37.0 Å². The Hall–Kier alpha value is -2.05. The van der Waals surface area contributed by atoms with Crippen LogP contribution in [0.15, 0.2) is 30.1 Å². The van der Waals surface area contributed by atoms with Crippen LogP contribution in [0.3, 0.4) is 0 Å². The SMILES string of the molecule is CNc1ccc(N/C(=C\C(=N)C(F)(F)F)C2CC2)nc1. The zero-order chi connectivity index (χ0) is 14.8. The molecule has 1 fully saturated rings. The van der Waals surface area contributed by atoms with E-state index < -0.39 is 11.9 Å². The largest absolute Gasteiger partial charge is 0.432 e. The predicted octanol–water partition coefficient (Wildman–Crippen LogP) is 3.41. The van der Waals surface area contributed by atoms with Crippen LogP contribution in [0, 0.1) is 11.3 Å². The van der Waals surface area contributed by atoms with Gasteiger partial charge in [0.15, 0.2) is 0 Å². The predicted molar refractivity (Wildman–Crippen MR) is 72.0 cm³/mol. The highest BCUT2D eigenvalue weighted by Crippen LogP contribution is 2.37. The Kier molecular flexibility index (Phi) is 3.96. The van der Waals surface area contributed by atoms with E-state index in [1.807, 2.05) is 0 Å². The molecule has 3 N–H and O–H groups in total. The monoisotopic (exact) mass is 284 g/mol. The maximum atomic E-state index is 12.4. The van der Waals surface area contributed by atoms with E-state index in [0.29, 0.717) is 11.5 Å². The van der Waals surface area contributed by atoms with Gasteiger partial charge in [0.25, 0.3) is 0 Å². The van der Waals surface area contributed by atoms with Crippen molar-refractivity contribution < 1.29 is 13.2 Å². The molecule has 0 spiro atoms. The molecular formula is C13H15F3N4. The zero-order valence-corrected chi connectivity index (χ0v) is 10.9. The molecule has 2 rings (SSSR count). The first kappa shape index (κ1) is 14.4. The number of rotatable bonds is 5. The second-order valence-corrected chi connectivity index (χ2v) is 4.59. The third-order valence-corrected chi connectivity index (χ3v) is 2.95. The van der Waals surface area contributed by atoms with Crippen LogP contribution in [0.2, 0.25) is 0 Å². The van der Waals surface area contributed by atoms with E-state index in [-0.39, 0.29) is 5.92 Å². The fraction of sp³-hybridized carbons (Fsp3) is 0.385. The Morgan fingerprint density at radius 1 is 1.40 bits per heavy atom. The molecule has 0 amide bonds. The average molecular weight is 284 g/mol. The molecule has 1 saturated carbocycles. The van der Waals surface area contributed by atoms with E-state index in [0.717, 1.165) is 24.6 Å². The van der Waals surface area contributed by atoms with Gasteiger partial charge in [0.2, 0.25) is 0 Å². The molecule has 1 heterocycles. The molecular weight excluding hydrogens is 269 g/mol. The van der Waals surface area contributed by atoms with Crippen LogP contribution >= 0.6 is 0 Å². The van der Waals surface area contributed by atoms with Crippen LogP contribution < -0.4 is 10.6 Å². The first-order valence-corrected chi connectivity index (χ1v) is 6.18. The van der Waals surface area contributed by atoms with Gasteiger partial charge in [-0.15, -0.1) is 0 Å². The minimum absolute atomic E-state index is 0.0588. The highest BCUT2D eigenvalue weighted by molar-refractivity contribution is 5.97. The molecule has 0 unspecified atom stereocenters. The van der Waals surface area contributed by atoms with Crippen LogP contribution in [0.25, 0.3) is 0 Å². The number of hydrogen-bond donors (Lipinski definition) is 3. The number of nitrogens with one attached hydrogen (secondary N) is 3. The molecule has 0 bridgehead atoms. The summed E-state index contributed by atoms with van der Waals surface area (Å²) in [5.74, 6) is 0.528. The average Bonchev–Trinajstić information content (AvgIpc) is 3.22. The second kappa shape index (κ2) is 5.52. The van der Waals surface area contributed by atoms with Crippen LogP contribution in [0.5, 0.6) is 0 Å². The number of pyridine rings is 1. The lowest BCUT2D eigenvalue weighted by molar-refractivity contribution is -0.0584. The lowest BCUT2D eigenvalue weighted by Gasteiger charge is -2.12. The van der Waals surface area contributed by atoms with Gasteiger partial charge in [-0.3, -0.25) is 5.41 Å². The number of hydrogen-bond acceptors (Lipinski definition) is 4. The molecule has 0 aromatic carbocycles. The van der Waals surface area contributed by atoms with E-state index >= 15 is 0 Å². The molecule has 0 aliphatic heterocycles. The summed E-state index contributed by atoms with van der Waals surface area (Å²) < 4.78 is 37.2. The van der Waals surface area contributed by atoms with Crippen molar-refractivity contribution >= 4 is 17.2 Å². The number of anilines is 2. The smallest absolute Gasteiger partial charge is 0.387 e. The van der Waals surface area contributed by atoms with E-state index in [1.165, 1.54) is 0 Å². The molecule has 1 aromatic rings. The van der Waals surface area contributed by atoms with Crippen LogP contribution in [0.4, 0.5) is 24.7 Å². The van der Waals surface area contributed by atoms with Crippen LogP contribution in [0.1, 0.15) is 12.8 Å². The van der Waals surface area contributed by atoms with Crippen molar-refractivity contribution in [2.45, 2.75) is 19.0 Å². The summed E-state index contributed by atoms with van der Waals surface area (Å²) in [7, 11) is 1.75. The lowest BCUT2D eigenvalue weighted by atomic mass is 10.2. The number of halogens is 3. The van der Waals surface area contributed by atoms with Gasteiger partial charge in [-0.1, -0.05) is 0 Å². The summed E-state index contributed by atoms with van der Waals surface area (Å²) in [4.78, 5) is 4.10. The summed E-state index contributed by atoms with van der Waals surface area (Å²) in [6.45, 7) is 0. The lowest BCUT2D eigenvalue weighted by Crippen LogP contribution is -2.21. The first-order valence-electron chi connectivity index (χ1n) is 6.18. The fourth-order valence-electron chi connectivity index (χ4n) is 1.65. The fourth-order valence-corrected chi connectivity index (χ4v) is 1.65. The summed E-state index contributed by atoms with van der Waals surface area (Å²) >= 11 is 0. The Bertz CT molecular complexity index is 515. The maximum Gasteiger partial charge on any atom is 0.432 e. The highest BCUT2D eigenvalue weighted by Gasteiger charge is 2.35. The molecule has 1 aliphatic carbocycles. The zero-order valence-electron chi connectivity index (χ0n) is 10.9. The van der Waals surface area contributed by atoms with Gasteiger partial charge in [0, 0.05) is 12.7 Å². The molecule has 20 heavy (non-hydrogen) atoms.